The summed E-state index contributed by atoms with van der Waals surface area (Å²) in [6, 6.07) is 6.34. The first-order valence-electron chi connectivity index (χ1n) is 12.8. The summed E-state index contributed by atoms with van der Waals surface area (Å²) in [6.45, 7) is 0. The Bertz CT molecular complexity index is 2230. The number of thiophene rings is 2. The second kappa shape index (κ2) is 8.94. The number of hydrogen-bond donors (Lipinski definition) is 0. The van der Waals surface area contributed by atoms with Crippen LogP contribution >= 0.6 is 22.7 Å². The molecule has 0 aliphatic heterocycles. The van der Waals surface area contributed by atoms with Gasteiger partial charge in [0.15, 0.2) is 46.4 Å². The second-order valence-corrected chi connectivity index (χ2v) is 12.4. The number of carbonyl (C=O) groups excluding carboxylic acids is 4. The van der Waals surface area contributed by atoms with Crippen LogP contribution in [-0.2, 0) is 7.05 Å². The third-order valence-corrected chi connectivity index (χ3v) is 9.91. The highest BCUT2D eigenvalue weighted by Gasteiger charge is 2.36. The molecule has 0 amide bonds. The Morgan fingerprint density at radius 2 is 0.886 bits per heavy atom. The van der Waals surface area contributed by atoms with Crippen molar-refractivity contribution < 1.29 is 36.7 Å². The summed E-state index contributed by atoms with van der Waals surface area (Å²) in [7, 11) is 1.64. The molecule has 7 nitrogen and oxygen atoms in total. The quantitative estimate of drug-likeness (QED) is 0.118. The predicted molar refractivity (Wildman–Crippen MR) is 155 cm³/mol. The van der Waals surface area contributed by atoms with Gasteiger partial charge in [-0.15, -0.1) is 22.7 Å². The van der Waals surface area contributed by atoms with Crippen LogP contribution in [0, 0.1) is 23.3 Å². The Kier molecular flexibility index (Phi) is 5.38. The van der Waals surface area contributed by atoms with Crippen molar-refractivity contribution in [3.8, 4) is 0 Å². The van der Waals surface area contributed by atoms with Gasteiger partial charge in [-0.3, -0.25) is 19.2 Å². The zero-order chi connectivity index (χ0) is 30.8. The average Bonchev–Trinajstić information content (AvgIpc) is 3.77. The van der Waals surface area contributed by atoms with Crippen molar-refractivity contribution >= 4 is 89.2 Å². The number of aryl methyl sites for hydroxylation is 1. The van der Waals surface area contributed by atoms with Gasteiger partial charge >= 0.3 is 0 Å². The maximum absolute atomic E-state index is 13.8. The van der Waals surface area contributed by atoms with E-state index in [0.717, 1.165) is 33.7 Å². The molecule has 0 spiro atoms. The van der Waals surface area contributed by atoms with Crippen molar-refractivity contribution in [2.75, 3.05) is 0 Å². The summed E-state index contributed by atoms with van der Waals surface area (Å²) >= 11 is 2.49. The number of hydrogen-bond acceptors (Lipinski definition) is 8. The molecule has 2 aliphatic carbocycles. The van der Waals surface area contributed by atoms with E-state index in [-0.39, 0.29) is 33.4 Å². The van der Waals surface area contributed by atoms with Crippen molar-refractivity contribution in [1.82, 2.24) is 15.0 Å². The Hall–Kier alpha value is -5.14. The third kappa shape index (κ3) is 3.59. The highest BCUT2D eigenvalue weighted by atomic mass is 32.1. The van der Waals surface area contributed by atoms with Gasteiger partial charge in [-0.1, -0.05) is 0 Å². The maximum Gasteiger partial charge on any atom is 0.197 e. The van der Waals surface area contributed by atoms with Crippen LogP contribution in [0.3, 0.4) is 0 Å². The molecule has 6 aromatic rings. The molecule has 0 saturated carbocycles. The van der Waals surface area contributed by atoms with E-state index in [4.69, 9.17) is 0 Å². The molecule has 0 N–H and O–H groups in total. The molecule has 3 aromatic carbocycles. The predicted octanol–water partition coefficient (Wildman–Crippen LogP) is 6.88. The molecule has 0 atom stereocenters. The summed E-state index contributed by atoms with van der Waals surface area (Å²) in [5.74, 6) is -7.77. The Morgan fingerprint density at radius 3 is 1.20 bits per heavy atom. The molecular weight excluding hydrogens is 618 g/mol. The van der Waals surface area contributed by atoms with Crippen LogP contribution in [0.5, 0.6) is 0 Å². The summed E-state index contributed by atoms with van der Waals surface area (Å²) in [6.07, 6.45) is 2.75. The number of benzene rings is 3. The average molecular weight is 630 g/mol. The molecule has 44 heavy (non-hydrogen) atoms. The van der Waals surface area contributed by atoms with Gasteiger partial charge in [0.05, 0.1) is 20.5 Å². The SMILES string of the molecule is Cn1nc2c3cc(C=C4C(=O)c5cc(F)c(F)cc5C4=O)sc3c3sc(C=C4C(=O)c5cc(F)c(F)cc5C4=O)cc3c2n1. The summed E-state index contributed by atoms with van der Waals surface area (Å²) in [5.41, 5.74) is -0.249. The van der Waals surface area contributed by atoms with Crippen molar-refractivity contribution in [2.45, 2.75) is 0 Å². The number of halogens is 4. The molecule has 0 unspecified atom stereocenters. The molecule has 13 heteroatoms. The third-order valence-electron chi connectivity index (χ3n) is 7.58. The second-order valence-electron chi connectivity index (χ2n) is 10.2. The van der Waals surface area contributed by atoms with E-state index >= 15 is 0 Å². The molecule has 214 valence electrons. The van der Waals surface area contributed by atoms with E-state index in [9.17, 15) is 36.7 Å². The monoisotopic (exact) mass is 629 g/mol. The van der Waals surface area contributed by atoms with E-state index in [2.05, 4.69) is 10.2 Å². The topological polar surface area (TPSA) is 99.0 Å². The Labute approximate surface area is 250 Å². The largest absolute Gasteiger partial charge is 0.288 e. The van der Waals surface area contributed by atoms with Crippen LogP contribution in [0.4, 0.5) is 17.6 Å². The van der Waals surface area contributed by atoms with Gasteiger partial charge < -0.3 is 0 Å². The number of ketones is 4. The summed E-state index contributed by atoms with van der Waals surface area (Å²) < 4.78 is 56.6. The van der Waals surface area contributed by atoms with Crippen LogP contribution in [0.2, 0.25) is 0 Å². The standard InChI is InChI=1S/C31H11F4N3O4S2/c1-38-36-24-16-2-10(4-18-26(39)12-6-20(32)21(33)7-13(12)27(18)40)43-30(16)31-17(25(24)37-38)3-11(44-31)5-19-28(41)14-8-22(34)23(35)9-15(14)29(19)42/h2-9H,1H3. The lowest BCUT2D eigenvalue weighted by Gasteiger charge is -1.96. The van der Waals surface area contributed by atoms with E-state index in [1.807, 2.05) is 0 Å². The lowest BCUT2D eigenvalue weighted by molar-refractivity contribution is 0.0975. The minimum absolute atomic E-state index is 0.209. The van der Waals surface area contributed by atoms with Crippen molar-refractivity contribution in [1.29, 1.82) is 0 Å². The fourth-order valence-corrected chi connectivity index (χ4v) is 7.96. The molecule has 2 aliphatic rings. The van der Waals surface area contributed by atoms with Gasteiger partial charge in [-0.05, 0) is 48.6 Å². The molecular formula is C31H11F4N3O4S2. The smallest absolute Gasteiger partial charge is 0.197 e. The van der Waals surface area contributed by atoms with Crippen LogP contribution in [0.15, 0.2) is 47.5 Å². The van der Waals surface area contributed by atoms with Crippen LogP contribution < -0.4 is 0 Å². The van der Waals surface area contributed by atoms with Gasteiger partial charge in [0, 0.05) is 49.8 Å². The number of allylic oxidation sites excluding steroid dienone is 2. The van der Waals surface area contributed by atoms with Crippen LogP contribution in [0.1, 0.15) is 51.2 Å². The first-order valence-corrected chi connectivity index (χ1v) is 14.4. The van der Waals surface area contributed by atoms with Crippen LogP contribution in [-0.4, -0.2) is 38.1 Å². The number of aromatic nitrogens is 3. The summed E-state index contributed by atoms with van der Waals surface area (Å²) in [5, 5.41) is 10.3. The van der Waals surface area contributed by atoms with Gasteiger partial charge in [0.1, 0.15) is 11.0 Å². The first-order chi connectivity index (χ1) is 21.0. The molecule has 0 radical (unpaired) electrons. The lowest BCUT2D eigenvalue weighted by Crippen LogP contribution is -1.99. The Morgan fingerprint density at radius 1 is 0.568 bits per heavy atom. The Balaban J connectivity index is 1.28. The first kappa shape index (κ1) is 26.5. The lowest BCUT2D eigenvalue weighted by atomic mass is 10.1. The number of carbonyl (C=O) groups is 4. The molecule has 0 saturated heterocycles. The van der Waals surface area contributed by atoms with Gasteiger partial charge in [-0.25, -0.2) is 17.6 Å². The molecule has 0 bridgehead atoms. The van der Waals surface area contributed by atoms with Gasteiger partial charge in [-0.2, -0.15) is 15.0 Å². The number of fused-ring (bicyclic) bond motifs is 8. The molecule has 3 aromatic heterocycles. The van der Waals surface area contributed by atoms with Gasteiger partial charge in [0.25, 0.3) is 0 Å². The number of nitrogens with zero attached hydrogens (tertiary/aromatic N) is 3. The zero-order valence-electron chi connectivity index (χ0n) is 21.9. The minimum Gasteiger partial charge on any atom is -0.288 e. The van der Waals surface area contributed by atoms with E-state index in [0.29, 0.717) is 31.6 Å². The van der Waals surface area contributed by atoms with Crippen LogP contribution in [0.25, 0.3) is 43.4 Å². The summed E-state index contributed by atoms with van der Waals surface area (Å²) in [4.78, 5) is 54.2. The minimum atomic E-state index is -1.23. The fourth-order valence-electron chi connectivity index (χ4n) is 5.60. The molecule has 0 fully saturated rings. The number of Topliss-reactive ketones (excluding diaryl/α,β-unsaturated/α-hetero) is 4. The van der Waals surface area contributed by atoms with Crippen molar-refractivity contribution in [3.05, 3.63) is 103 Å². The van der Waals surface area contributed by atoms with E-state index in [1.165, 1.54) is 39.6 Å². The van der Waals surface area contributed by atoms with Gasteiger partial charge in [0.2, 0.25) is 0 Å². The highest BCUT2D eigenvalue weighted by molar-refractivity contribution is 7.28. The van der Waals surface area contributed by atoms with Crippen molar-refractivity contribution in [3.63, 3.8) is 0 Å². The zero-order valence-corrected chi connectivity index (χ0v) is 23.6. The van der Waals surface area contributed by atoms with E-state index < -0.39 is 46.4 Å². The highest BCUT2D eigenvalue weighted by Crippen LogP contribution is 2.44. The molecule has 3 heterocycles. The normalized spacial score (nSPS) is 14.6. The fraction of sp³-hybridized carbons (Fsp3) is 0.0323. The number of rotatable bonds is 2. The van der Waals surface area contributed by atoms with E-state index in [1.54, 1.807) is 19.2 Å². The van der Waals surface area contributed by atoms with Crippen molar-refractivity contribution in [2.24, 2.45) is 7.05 Å². The molecule has 8 rings (SSSR count). The maximum atomic E-state index is 13.8.